The maximum absolute atomic E-state index is 13.5. The number of β-amino-alcohol motifs (C(OH)–C–C–N with tert-alkyl or cyclic N) is 1. The average molecular weight is 484 g/mol. The van der Waals surface area contributed by atoms with Crippen molar-refractivity contribution in [1.82, 2.24) is 9.21 Å². The first-order valence-corrected chi connectivity index (χ1v) is 12.8. The molecule has 8 nitrogen and oxygen atoms in total. The molecule has 3 unspecified atom stereocenters. The molecule has 2 aliphatic heterocycles. The number of aliphatic hydroxyl groups excluding tert-OH is 1. The van der Waals surface area contributed by atoms with E-state index in [4.69, 9.17) is 10.00 Å². The molecule has 4 rings (SSSR count). The topological polar surface area (TPSA) is 111 Å². The van der Waals surface area contributed by atoms with Crippen LogP contribution in [-0.2, 0) is 21.4 Å². The summed E-state index contributed by atoms with van der Waals surface area (Å²) in [6, 6.07) is 11.7. The Labute approximate surface area is 200 Å². The summed E-state index contributed by atoms with van der Waals surface area (Å²) < 4.78 is 33.5. The first kappa shape index (κ1) is 24.4. The summed E-state index contributed by atoms with van der Waals surface area (Å²) in [6.45, 7) is 7.66. The van der Waals surface area contributed by atoms with Gasteiger partial charge in [-0.3, -0.25) is 4.90 Å². The van der Waals surface area contributed by atoms with Gasteiger partial charge in [0.05, 0.1) is 28.2 Å². The molecule has 0 aromatic heterocycles. The number of nitrogens with zero attached hydrogens (tertiary/aromatic N) is 3. The Morgan fingerprint density at radius 2 is 2.03 bits per heavy atom. The summed E-state index contributed by atoms with van der Waals surface area (Å²) in [7, 11) is -3.74. The van der Waals surface area contributed by atoms with Gasteiger partial charge in [0.15, 0.2) is 0 Å². The molecule has 0 bridgehead atoms. The first-order valence-electron chi connectivity index (χ1n) is 11.4. The summed E-state index contributed by atoms with van der Waals surface area (Å²) in [5.41, 5.74) is 3.10. The fourth-order valence-corrected chi connectivity index (χ4v) is 6.73. The van der Waals surface area contributed by atoms with Crippen LogP contribution in [0.2, 0.25) is 0 Å². The van der Waals surface area contributed by atoms with Gasteiger partial charge in [-0.15, -0.1) is 0 Å². The van der Waals surface area contributed by atoms with Gasteiger partial charge in [0.2, 0.25) is 10.0 Å². The van der Waals surface area contributed by atoms with Crippen molar-refractivity contribution in [2.24, 2.45) is 5.92 Å². The van der Waals surface area contributed by atoms with E-state index in [2.05, 4.69) is 11.0 Å². The van der Waals surface area contributed by atoms with Crippen molar-refractivity contribution in [2.75, 3.05) is 26.2 Å². The highest BCUT2D eigenvalue weighted by atomic mass is 32.2. The second-order valence-electron chi connectivity index (χ2n) is 9.07. The number of likely N-dealkylation sites (N-methyl/N-ethyl adjacent to an activating group) is 1. The summed E-state index contributed by atoms with van der Waals surface area (Å²) in [6.07, 6.45) is -0.764. The van der Waals surface area contributed by atoms with E-state index in [1.165, 1.54) is 10.4 Å². The number of esters is 1. The Balaban J connectivity index is 1.48. The van der Waals surface area contributed by atoms with Crippen molar-refractivity contribution in [3.63, 3.8) is 0 Å². The highest BCUT2D eigenvalue weighted by molar-refractivity contribution is 7.89. The molecule has 3 atom stereocenters. The van der Waals surface area contributed by atoms with Crippen LogP contribution in [-0.4, -0.2) is 60.9 Å². The molecule has 0 saturated carbocycles. The zero-order valence-corrected chi connectivity index (χ0v) is 20.4. The predicted molar refractivity (Wildman–Crippen MR) is 125 cm³/mol. The molecular formula is C25H29N3O5S. The number of likely N-dealkylation sites (tertiary alicyclic amines) is 1. The van der Waals surface area contributed by atoms with Gasteiger partial charge in [0.1, 0.15) is 6.61 Å². The number of sulfonamides is 1. The van der Waals surface area contributed by atoms with Crippen LogP contribution in [0, 0.1) is 24.2 Å². The lowest BCUT2D eigenvalue weighted by atomic mass is 10.0. The SMILES string of the molecule is CCN(C1CN(CC(O)c2ccc3c(c2)COC3=O)CC1C)S(=O)(=O)c1ccc(C#N)c(C)c1. The molecule has 0 spiro atoms. The normalized spacial score (nSPS) is 21.4. The van der Waals surface area contributed by atoms with Crippen molar-refractivity contribution in [2.45, 2.75) is 44.4 Å². The van der Waals surface area contributed by atoms with Crippen LogP contribution >= 0.6 is 0 Å². The minimum Gasteiger partial charge on any atom is -0.457 e. The molecule has 180 valence electrons. The number of ether oxygens (including phenoxy) is 1. The lowest BCUT2D eigenvalue weighted by Crippen LogP contribution is -2.44. The Kier molecular flexibility index (Phi) is 6.78. The third kappa shape index (κ3) is 4.46. The Bertz CT molecular complexity index is 1250. The van der Waals surface area contributed by atoms with Gasteiger partial charge in [-0.05, 0) is 54.3 Å². The fraction of sp³-hybridized carbons (Fsp3) is 0.440. The molecule has 2 aromatic rings. The highest BCUT2D eigenvalue weighted by Gasteiger charge is 2.40. The lowest BCUT2D eigenvalue weighted by Gasteiger charge is -2.30. The Morgan fingerprint density at radius 1 is 1.26 bits per heavy atom. The largest absolute Gasteiger partial charge is 0.457 e. The van der Waals surface area contributed by atoms with Crippen LogP contribution in [0.1, 0.15) is 52.6 Å². The number of benzene rings is 2. The van der Waals surface area contributed by atoms with E-state index in [-0.39, 0.29) is 29.4 Å². The van der Waals surface area contributed by atoms with Gasteiger partial charge < -0.3 is 9.84 Å². The molecule has 2 aromatic carbocycles. The standard InChI is InChI=1S/C25H29N3O5S/c1-4-28(34(31,32)21-7-5-19(11-26)16(2)9-21)23-13-27(12-17(23)3)14-24(29)18-6-8-22-20(10-18)15-33-25(22)30/h5-10,17,23-24,29H,4,12-15H2,1-3H3. The maximum atomic E-state index is 13.5. The molecule has 9 heteroatoms. The van der Waals surface area contributed by atoms with Crippen molar-refractivity contribution < 1.29 is 23.1 Å². The number of carbonyl (C=O) groups excluding carboxylic acids is 1. The second kappa shape index (κ2) is 9.47. The second-order valence-corrected chi connectivity index (χ2v) is 11.0. The van der Waals surface area contributed by atoms with E-state index in [0.717, 1.165) is 5.56 Å². The number of aliphatic hydroxyl groups is 1. The number of cyclic esters (lactones) is 1. The number of fused-ring (bicyclic) bond motifs is 1. The summed E-state index contributed by atoms with van der Waals surface area (Å²) in [4.78, 5) is 13.9. The third-order valence-corrected chi connectivity index (χ3v) is 8.77. The highest BCUT2D eigenvalue weighted by Crippen LogP contribution is 2.30. The van der Waals surface area contributed by atoms with Gasteiger partial charge in [-0.2, -0.15) is 9.57 Å². The smallest absolute Gasteiger partial charge is 0.338 e. The molecule has 1 fully saturated rings. The summed E-state index contributed by atoms with van der Waals surface area (Å²) in [5, 5.41) is 20.0. The van der Waals surface area contributed by atoms with E-state index in [9.17, 15) is 18.3 Å². The summed E-state index contributed by atoms with van der Waals surface area (Å²) in [5.74, 6) is -0.266. The number of hydrogen-bond acceptors (Lipinski definition) is 7. The molecule has 34 heavy (non-hydrogen) atoms. The lowest BCUT2D eigenvalue weighted by molar-refractivity contribution is 0.0535. The number of rotatable bonds is 7. The predicted octanol–water partition coefficient (Wildman–Crippen LogP) is 2.60. The van der Waals surface area contributed by atoms with Crippen LogP contribution in [0.5, 0.6) is 0 Å². The number of carbonyl (C=O) groups is 1. The van der Waals surface area contributed by atoms with Gasteiger partial charge in [0, 0.05) is 37.8 Å². The monoisotopic (exact) mass is 483 g/mol. The maximum Gasteiger partial charge on any atom is 0.338 e. The number of nitriles is 1. The number of aryl methyl sites for hydroxylation is 1. The Morgan fingerprint density at radius 3 is 2.71 bits per heavy atom. The first-order chi connectivity index (χ1) is 16.1. The van der Waals surface area contributed by atoms with Gasteiger partial charge >= 0.3 is 5.97 Å². The van der Waals surface area contributed by atoms with Gasteiger partial charge in [-0.25, -0.2) is 13.2 Å². The van der Waals surface area contributed by atoms with E-state index in [0.29, 0.717) is 48.4 Å². The molecule has 1 saturated heterocycles. The molecule has 0 aliphatic carbocycles. The van der Waals surface area contributed by atoms with Crippen LogP contribution in [0.15, 0.2) is 41.3 Å². The molecule has 1 N–H and O–H groups in total. The van der Waals surface area contributed by atoms with E-state index in [1.807, 2.05) is 13.8 Å². The zero-order chi connectivity index (χ0) is 24.6. The number of hydrogen-bond donors (Lipinski definition) is 1. The van der Waals surface area contributed by atoms with E-state index >= 15 is 0 Å². The van der Waals surface area contributed by atoms with Crippen molar-refractivity contribution in [3.8, 4) is 6.07 Å². The van der Waals surface area contributed by atoms with Crippen LogP contribution in [0.25, 0.3) is 0 Å². The minimum atomic E-state index is -3.74. The van der Waals surface area contributed by atoms with Crippen LogP contribution in [0.3, 0.4) is 0 Å². The summed E-state index contributed by atoms with van der Waals surface area (Å²) >= 11 is 0. The fourth-order valence-electron chi connectivity index (χ4n) is 4.92. The van der Waals surface area contributed by atoms with E-state index in [1.54, 1.807) is 37.3 Å². The van der Waals surface area contributed by atoms with Crippen molar-refractivity contribution in [1.29, 1.82) is 5.26 Å². The van der Waals surface area contributed by atoms with Crippen LogP contribution < -0.4 is 0 Å². The molecule has 2 heterocycles. The van der Waals surface area contributed by atoms with Crippen molar-refractivity contribution in [3.05, 3.63) is 64.2 Å². The zero-order valence-electron chi connectivity index (χ0n) is 19.6. The molecular weight excluding hydrogens is 454 g/mol. The molecule has 0 amide bonds. The van der Waals surface area contributed by atoms with Gasteiger partial charge in [0.25, 0.3) is 0 Å². The minimum absolute atomic E-state index is 0.0763. The quantitative estimate of drug-likeness (QED) is 0.603. The average Bonchev–Trinajstić information content (AvgIpc) is 3.35. The molecule has 0 radical (unpaired) electrons. The van der Waals surface area contributed by atoms with E-state index < -0.39 is 16.1 Å². The van der Waals surface area contributed by atoms with Crippen LogP contribution in [0.4, 0.5) is 0 Å². The Hall–Kier alpha value is -2.77. The van der Waals surface area contributed by atoms with Gasteiger partial charge in [-0.1, -0.05) is 19.9 Å². The third-order valence-electron chi connectivity index (χ3n) is 6.78. The molecule has 2 aliphatic rings. The van der Waals surface area contributed by atoms with Crippen molar-refractivity contribution >= 4 is 16.0 Å².